The molecule has 122 valence electrons. The van der Waals surface area contributed by atoms with Crippen LogP contribution in [0.5, 0.6) is 0 Å². The molecule has 24 heavy (non-hydrogen) atoms. The average Bonchev–Trinajstić information content (AvgIpc) is 3.09. The van der Waals surface area contributed by atoms with Gasteiger partial charge in [-0.05, 0) is 56.2 Å². The molecule has 0 atom stereocenters. The molecule has 1 aromatic heterocycles. The fourth-order valence-electron chi connectivity index (χ4n) is 2.77. The first-order valence-electron chi connectivity index (χ1n) is 8.07. The van der Waals surface area contributed by atoms with Crippen molar-refractivity contribution >= 4 is 5.91 Å². The van der Waals surface area contributed by atoms with Gasteiger partial charge in [-0.3, -0.25) is 4.79 Å². The number of nitrogens with one attached hydrogen (secondary N) is 1. The van der Waals surface area contributed by atoms with E-state index < -0.39 is 0 Å². The Hall–Kier alpha value is -2.88. The molecule has 0 saturated carbocycles. The van der Waals surface area contributed by atoms with Crippen molar-refractivity contribution < 1.29 is 4.79 Å². The van der Waals surface area contributed by atoms with E-state index in [0.717, 1.165) is 28.8 Å². The van der Waals surface area contributed by atoms with Gasteiger partial charge in [0.15, 0.2) is 0 Å². The van der Waals surface area contributed by atoms with Crippen molar-refractivity contribution in [3.63, 3.8) is 0 Å². The summed E-state index contributed by atoms with van der Waals surface area (Å²) in [5.41, 5.74) is 5.15. The molecular weight excluding hydrogens is 298 g/mol. The molecule has 0 aliphatic rings. The summed E-state index contributed by atoms with van der Waals surface area (Å²) in [6, 6.07) is 16.0. The molecule has 4 nitrogen and oxygen atoms in total. The molecule has 0 fully saturated rings. The number of aryl methyl sites for hydroxylation is 2. The molecule has 1 heterocycles. The molecule has 0 aliphatic heterocycles. The van der Waals surface area contributed by atoms with Gasteiger partial charge in [-0.25, -0.2) is 4.68 Å². The van der Waals surface area contributed by atoms with E-state index in [0.29, 0.717) is 6.54 Å². The van der Waals surface area contributed by atoms with Crippen LogP contribution < -0.4 is 5.32 Å². The van der Waals surface area contributed by atoms with E-state index in [9.17, 15) is 4.79 Å². The Balaban J connectivity index is 1.55. The van der Waals surface area contributed by atoms with Gasteiger partial charge in [0.1, 0.15) is 0 Å². The SMILES string of the molecule is Cc1cc(C)cc(C(=O)NCCc2ccc(-n3cccn3)cc2)c1. The minimum atomic E-state index is -0.0186. The maximum Gasteiger partial charge on any atom is 0.251 e. The molecule has 0 unspecified atom stereocenters. The van der Waals surface area contributed by atoms with Crippen LogP contribution in [0.25, 0.3) is 5.69 Å². The Morgan fingerprint density at radius 1 is 1.08 bits per heavy atom. The van der Waals surface area contributed by atoms with Gasteiger partial charge in [0.25, 0.3) is 5.91 Å². The summed E-state index contributed by atoms with van der Waals surface area (Å²) in [5, 5.41) is 7.20. The third-order valence-electron chi connectivity index (χ3n) is 3.89. The predicted octanol–water partition coefficient (Wildman–Crippen LogP) is 3.46. The van der Waals surface area contributed by atoms with Gasteiger partial charge in [0.2, 0.25) is 0 Å². The van der Waals surface area contributed by atoms with Gasteiger partial charge in [0.05, 0.1) is 5.69 Å². The zero-order valence-electron chi connectivity index (χ0n) is 14.0. The lowest BCUT2D eigenvalue weighted by molar-refractivity contribution is 0.0954. The quantitative estimate of drug-likeness (QED) is 0.783. The summed E-state index contributed by atoms with van der Waals surface area (Å²) in [4.78, 5) is 12.2. The van der Waals surface area contributed by atoms with E-state index in [4.69, 9.17) is 0 Å². The molecule has 1 N–H and O–H groups in total. The van der Waals surface area contributed by atoms with Crippen molar-refractivity contribution in [2.45, 2.75) is 20.3 Å². The molecular formula is C20H21N3O. The van der Waals surface area contributed by atoms with Crippen molar-refractivity contribution in [2.24, 2.45) is 0 Å². The lowest BCUT2D eigenvalue weighted by Crippen LogP contribution is -2.25. The Kier molecular flexibility index (Phi) is 4.75. The van der Waals surface area contributed by atoms with Gasteiger partial charge in [-0.15, -0.1) is 0 Å². The number of carbonyl (C=O) groups is 1. The number of carbonyl (C=O) groups excluding carboxylic acids is 1. The van der Waals surface area contributed by atoms with Crippen LogP contribution in [0.3, 0.4) is 0 Å². The molecule has 0 aliphatic carbocycles. The number of rotatable bonds is 5. The molecule has 1 amide bonds. The topological polar surface area (TPSA) is 46.9 Å². The summed E-state index contributed by atoms with van der Waals surface area (Å²) < 4.78 is 1.83. The highest BCUT2D eigenvalue weighted by molar-refractivity contribution is 5.94. The van der Waals surface area contributed by atoms with Crippen molar-refractivity contribution in [2.75, 3.05) is 6.54 Å². The molecule has 0 bridgehead atoms. The second-order valence-electron chi connectivity index (χ2n) is 6.00. The fraction of sp³-hybridized carbons (Fsp3) is 0.200. The molecule has 0 radical (unpaired) electrons. The third kappa shape index (κ3) is 3.90. The number of aromatic nitrogens is 2. The zero-order valence-corrected chi connectivity index (χ0v) is 14.0. The highest BCUT2D eigenvalue weighted by Gasteiger charge is 2.06. The number of hydrogen-bond acceptors (Lipinski definition) is 2. The number of nitrogens with zero attached hydrogens (tertiary/aromatic N) is 2. The first kappa shape index (κ1) is 16.0. The van der Waals surface area contributed by atoms with E-state index in [-0.39, 0.29) is 5.91 Å². The van der Waals surface area contributed by atoms with Crippen LogP contribution in [0.2, 0.25) is 0 Å². The second kappa shape index (κ2) is 7.13. The highest BCUT2D eigenvalue weighted by atomic mass is 16.1. The van der Waals surface area contributed by atoms with Crippen LogP contribution in [0.15, 0.2) is 60.9 Å². The van der Waals surface area contributed by atoms with Gasteiger partial charge in [0, 0.05) is 24.5 Å². The van der Waals surface area contributed by atoms with E-state index in [1.165, 1.54) is 5.56 Å². The first-order chi connectivity index (χ1) is 11.6. The van der Waals surface area contributed by atoms with Crippen molar-refractivity contribution in [3.8, 4) is 5.69 Å². The van der Waals surface area contributed by atoms with Crippen LogP contribution in [0.1, 0.15) is 27.0 Å². The largest absolute Gasteiger partial charge is 0.352 e. The summed E-state index contributed by atoms with van der Waals surface area (Å²) in [7, 11) is 0. The zero-order chi connectivity index (χ0) is 16.9. The molecule has 0 saturated heterocycles. The molecule has 0 spiro atoms. The average molecular weight is 319 g/mol. The van der Waals surface area contributed by atoms with Crippen molar-refractivity contribution in [1.29, 1.82) is 0 Å². The first-order valence-corrected chi connectivity index (χ1v) is 8.07. The van der Waals surface area contributed by atoms with E-state index in [1.807, 2.05) is 55.1 Å². The van der Waals surface area contributed by atoms with Crippen molar-refractivity contribution in [3.05, 3.63) is 83.2 Å². The number of amides is 1. The third-order valence-corrected chi connectivity index (χ3v) is 3.89. The summed E-state index contributed by atoms with van der Waals surface area (Å²) >= 11 is 0. The highest BCUT2D eigenvalue weighted by Crippen LogP contribution is 2.10. The van der Waals surface area contributed by atoms with Crippen LogP contribution in [0, 0.1) is 13.8 Å². The predicted molar refractivity (Wildman–Crippen MR) is 95.5 cm³/mol. The normalized spacial score (nSPS) is 10.6. The minimum absolute atomic E-state index is 0.0186. The number of benzene rings is 2. The van der Waals surface area contributed by atoms with Crippen molar-refractivity contribution in [1.82, 2.24) is 15.1 Å². The molecule has 4 heteroatoms. The maximum absolute atomic E-state index is 12.2. The van der Waals surface area contributed by atoms with Crippen LogP contribution >= 0.6 is 0 Å². The Bertz CT molecular complexity index is 800. The Morgan fingerprint density at radius 2 is 1.79 bits per heavy atom. The molecule has 3 rings (SSSR count). The van der Waals surface area contributed by atoms with Gasteiger partial charge in [-0.2, -0.15) is 5.10 Å². The summed E-state index contributed by atoms with van der Waals surface area (Å²) in [6.07, 6.45) is 4.48. The minimum Gasteiger partial charge on any atom is -0.352 e. The molecule has 2 aromatic carbocycles. The summed E-state index contributed by atoms with van der Waals surface area (Å²) in [5.74, 6) is -0.0186. The van der Waals surface area contributed by atoms with Gasteiger partial charge >= 0.3 is 0 Å². The van der Waals surface area contributed by atoms with E-state index in [1.54, 1.807) is 6.20 Å². The smallest absolute Gasteiger partial charge is 0.251 e. The fourth-order valence-corrected chi connectivity index (χ4v) is 2.77. The summed E-state index contributed by atoms with van der Waals surface area (Å²) in [6.45, 7) is 4.63. The lowest BCUT2D eigenvalue weighted by atomic mass is 10.1. The van der Waals surface area contributed by atoms with E-state index in [2.05, 4.69) is 28.6 Å². The Labute approximate surface area is 142 Å². The monoisotopic (exact) mass is 319 g/mol. The lowest BCUT2D eigenvalue weighted by Gasteiger charge is -2.08. The standard InChI is InChI=1S/C20H21N3O/c1-15-12-16(2)14-18(13-15)20(24)21-10-8-17-4-6-19(7-5-17)23-11-3-9-22-23/h3-7,9,11-14H,8,10H2,1-2H3,(H,21,24). The van der Waals surface area contributed by atoms with E-state index >= 15 is 0 Å². The second-order valence-corrected chi connectivity index (χ2v) is 6.00. The number of hydrogen-bond donors (Lipinski definition) is 1. The van der Waals surface area contributed by atoms with Crippen LogP contribution in [0.4, 0.5) is 0 Å². The maximum atomic E-state index is 12.2. The van der Waals surface area contributed by atoms with Crippen LogP contribution in [-0.4, -0.2) is 22.2 Å². The van der Waals surface area contributed by atoms with Crippen LogP contribution in [-0.2, 0) is 6.42 Å². The molecule has 3 aromatic rings. The van der Waals surface area contributed by atoms with Gasteiger partial charge < -0.3 is 5.32 Å². The Morgan fingerprint density at radius 3 is 2.42 bits per heavy atom. The van der Waals surface area contributed by atoms with Gasteiger partial charge in [-0.1, -0.05) is 29.3 Å².